The molecule has 124 valence electrons. The van der Waals surface area contributed by atoms with Crippen molar-refractivity contribution >= 4 is 6.55 Å². The molecule has 0 aliphatic rings. The molecule has 0 fully saturated rings. The van der Waals surface area contributed by atoms with Crippen LogP contribution in [-0.4, -0.2) is 18.8 Å². The van der Waals surface area contributed by atoms with E-state index in [2.05, 4.69) is 60.2 Å². The third-order valence-corrected chi connectivity index (χ3v) is 3.80. The summed E-state index contributed by atoms with van der Waals surface area (Å²) in [6.45, 7) is 13.3. The maximum Gasteiger partial charge on any atom is 0.317 e. The molecule has 0 rings (SSSR count). The van der Waals surface area contributed by atoms with Crippen LogP contribution < -0.4 is 0 Å². The molecule has 0 radical (unpaired) electrons. The van der Waals surface area contributed by atoms with Crippen molar-refractivity contribution in [1.82, 2.24) is 0 Å². The Labute approximate surface area is 133 Å². The minimum atomic E-state index is -1.52. The minimum absolute atomic E-state index is 0.132. The molecule has 0 aromatic rings. The maximum atomic E-state index is 6.20. The first-order valence-electron chi connectivity index (χ1n) is 8.88. The Bertz CT molecular complexity index is 305. The smallest absolute Gasteiger partial charge is 0.317 e. The molecule has 21 heavy (non-hydrogen) atoms. The van der Waals surface area contributed by atoms with Gasteiger partial charge in [0.15, 0.2) is 0 Å². The summed E-state index contributed by atoms with van der Waals surface area (Å²) in [5.41, 5.74) is 0. The first kappa shape index (κ1) is 20.5. The first-order valence-corrected chi connectivity index (χ1v) is 8.88. The van der Waals surface area contributed by atoms with Crippen molar-refractivity contribution in [3.05, 3.63) is 0 Å². The quantitative estimate of drug-likeness (QED) is 0.297. The Kier molecular flexibility index (Phi) is 10.9. The molecule has 0 saturated heterocycles. The summed E-state index contributed by atoms with van der Waals surface area (Å²) in [4.78, 5) is 0. The van der Waals surface area contributed by atoms with Crippen molar-refractivity contribution in [1.29, 1.82) is 0 Å². The third-order valence-electron chi connectivity index (χ3n) is 3.80. The van der Waals surface area contributed by atoms with Crippen molar-refractivity contribution in [2.24, 2.45) is 0 Å². The normalized spacial score (nSPS) is 13.4. The van der Waals surface area contributed by atoms with Gasteiger partial charge < -0.3 is 9.31 Å². The van der Waals surface area contributed by atoms with Crippen LogP contribution in [0, 0.1) is 11.7 Å². The molecular weight excluding hydrogens is 259 g/mol. The zero-order chi connectivity index (χ0) is 16.3. The van der Waals surface area contributed by atoms with E-state index >= 15 is 0 Å². The topological polar surface area (TPSA) is 18.5 Å². The summed E-state index contributed by atoms with van der Waals surface area (Å²) < 4.78 is 12.4. The van der Waals surface area contributed by atoms with Gasteiger partial charge in [-0.3, -0.25) is 0 Å². The lowest BCUT2D eigenvalue weighted by Gasteiger charge is -2.45. The molecule has 0 aliphatic heterocycles. The zero-order valence-electron chi connectivity index (χ0n) is 15.4. The summed E-state index contributed by atoms with van der Waals surface area (Å²) >= 11 is 0. The maximum absolute atomic E-state index is 6.20. The SMILES string of the molecule is CCCCCCC#C[B-](OC(C)C)(OC(C)C)C(C)CC. The lowest BCUT2D eigenvalue weighted by atomic mass is 9.47. The van der Waals surface area contributed by atoms with Crippen LogP contribution in [0.1, 0.15) is 87.0 Å². The molecule has 0 N–H and O–H groups in total. The molecule has 0 aromatic carbocycles. The lowest BCUT2D eigenvalue weighted by molar-refractivity contribution is 0.109. The number of hydrogen-bond acceptors (Lipinski definition) is 2. The molecule has 0 aliphatic carbocycles. The molecule has 0 aromatic heterocycles. The third kappa shape index (κ3) is 8.54. The van der Waals surface area contributed by atoms with E-state index in [4.69, 9.17) is 9.31 Å². The minimum Gasteiger partial charge on any atom is -0.556 e. The van der Waals surface area contributed by atoms with E-state index in [0.717, 1.165) is 12.8 Å². The van der Waals surface area contributed by atoms with E-state index in [1.54, 1.807) is 0 Å². The summed E-state index contributed by atoms with van der Waals surface area (Å²) in [6, 6.07) is 0. The van der Waals surface area contributed by atoms with Gasteiger partial charge in [-0.15, -0.1) is 11.7 Å². The van der Waals surface area contributed by atoms with Crippen molar-refractivity contribution in [2.45, 2.75) is 105 Å². The van der Waals surface area contributed by atoms with Gasteiger partial charge in [0.2, 0.25) is 0 Å². The van der Waals surface area contributed by atoms with Gasteiger partial charge in [0, 0.05) is 18.6 Å². The molecule has 1 atom stereocenters. The average Bonchev–Trinajstić information content (AvgIpc) is 2.40. The molecule has 2 nitrogen and oxygen atoms in total. The highest BCUT2D eigenvalue weighted by Crippen LogP contribution is 2.29. The van der Waals surface area contributed by atoms with Crippen LogP contribution in [-0.2, 0) is 9.31 Å². The highest BCUT2D eigenvalue weighted by molar-refractivity contribution is 6.77. The summed E-state index contributed by atoms with van der Waals surface area (Å²) in [5.74, 6) is 7.05. The molecule has 0 saturated carbocycles. The van der Waals surface area contributed by atoms with Gasteiger partial charge in [-0.2, -0.15) is 0 Å². The van der Waals surface area contributed by atoms with Crippen LogP contribution in [0.25, 0.3) is 0 Å². The summed E-state index contributed by atoms with van der Waals surface area (Å²) in [7, 11) is 0. The van der Waals surface area contributed by atoms with E-state index in [9.17, 15) is 0 Å². The van der Waals surface area contributed by atoms with Crippen molar-refractivity contribution in [3.8, 4) is 11.7 Å². The average molecular weight is 295 g/mol. The second kappa shape index (κ2) is 11.2. The van der Waals surface area contributed by atoms with E-state index in [1.807, 2.05) is 0 Å². The second-order valence-electron chi connectivity index (χ2n) is 6.66. The number of hydrogen-bond donors (Lipinski definition) is 0. The van der Waals surface area contributed by atoms with Gasteiger partial charge in [-0.05, 0) is 34.1 Å². The van der Waals surface area contributed by atoms with E-state index < -0.39 is 6.55 Å². The Balaban J connectivity index is 4.94. The van der Waals surface area contributed by atoms with Crippen LogP contribution in [0.2, 0.25) is 5.82 Å². The Hall–Kier alpha value is -0.455. The van der Waals surface area contributed by atoms with E-state index in [1.165, 1.54) is 25.7 Å². The second-order valence-corrected chi connectivity index (χ2v) is 6.66. The molecule has 0 bridgehead atoms. The first-order chi connectivity index (χ1) is 9.88. The van der Waals surface area contributed by atoms with Gasteiger partial charge >= 0.3 is 6.55 Å². The molecular formula is C18H36BO2-. The Morgan fingerprint density at radius 2 is 1.43 bits per heavy atom. The van der Waals surface area contributed by atoms with Gasteiger partial charge in [-0.25, -0.2) is 5.82 Å². The fraction of sp³-hybridized carbons (Fsp3) is 0.889. The summed E-state index contributed by atoms with van der Waals surface area (Å²) in [6.07, 6.45) is 7.24. The molecule has 0 spiro atoms. The van der Waals surface area contributed by atoms with Gasteiger partial charge in [0.05, 0.1) is 0 Å². The van der Waals surface area contributed by atoms with Crippen LogP contribution in [0.3, 0.4) is 0 Å². The predicted molar refractivity (Wildman–Crippen MR) is 94.4 cm³/mol. The monoisotopic (exact) mass is 295 g/mol. The Morgan fingerprint density at radius 1 is 0.857 bits per heavy atom. The zero-order valence-corrected chi connectivity index (χ0v) is 15.4. The van der Waals surface area contributed by atoms with Gasteiger partial charge in [-0.1, -0.05) is 46.5 Å². The fourth-order valence-electron chi connectivity index (χ4n) is 2.48. The van der Waals surface area contributed by atoms with Crippen LogP contribution in [0.15, 0.2) is 0 Å². The fourth-order valence-corrected chi connectivity index (χ4v) is 2.48. The van der Waals surface area contributed by atoms with Crippen molar-refractivity contribution < 1.29 is 9.31 Å². The lowest BCUT2D eigenvalue weighted by Crippen LogP contribution is -2.48. The van der Waals surface area contributed by atoms with Crippen LogP contribution in [0.5, 0.6) is 0 Å². The molecule has 0 heterocycles. The highest BCUT2D eigenvalue weighted by atomic mass is 16.6. The summed E-state index contributed by atoms with van der Waals surface area (Å²) in [5, 5.41) is 0. The van der Waals surface area contributed by atoms with E-state index in [-0.39, 0.29) is 12.2 Å². The molecule has 1 unspecified atom stereocenters. The van der Waals surface area contributed by atoms with Crippen LogP contribution in [0.4, 0.5) is 0 Å². The molecule has 3 heteroatoms. The van der Waals surface area contributed by atoms with Gasteiger partial charge in [0.1, 0.15) is 0 Å². The Morgan fingerprint density at radius 3 is 1.86 bits per heavy atom. The predicted octanol–water partition coefficient (Wildman–Crippen LogP) is 5.59. The number of rotatable bonds is 10. The largest absolute Gasteiger partial charge is 0.556 e. The standard InChI is InChI=1S/C18H36BO2/c1-8-10-11-12-13-14-15-19(18(7)9-2,20-16(3)4)21-17(5)6/h16-18H,8-13H2,1-7H3/q-1. The van der Waals surface area contributed by atoms with Crippen molar-refractivity contribution in [2.75, 3.05) is 0 Å². The van der Waals surface area contributed by atoms with Crippen LogP contribution >= 0.6 is 0 Å². The number of unbranched alkanes of at least 4 members (excludes halogenated alkanes) is 4. The van der Waals surface area contributed by atoms with Gasteiger partial charge in [0.25, 0.3) is 0 Å². The molecule has 0 amide bonds. The van der Waals surface area contributed by atoms with E-state index in [0.29, 0.717) is 5.82 Å². The van der Waals surface area contributed by atoms with Crippen molar-refractivity contribution in [3.63, 3.8) is 0 Å². The highest BCUT2D eigenvalue weighted by Gasteiger charge is 2.32.